The van der Waals surface area contributed by atoms with E-state index >= 15 is 0 Å². The molecular weight excluding hydrogens is 356 g/mol. The largest absolute Gasteiger partial charge is 0.349 e. The van der Waals surface area contributed by atoms with E-state index in [1.807, 2.05) is 29.7 Å². The highest BCUT2D eigenvalue weighted by Gasteiger charge is 2.13. The van der Waals surface area contributed by atoms with Crippen LogP contribution < -0.4 is 5.32 Å². The quantitative estimate of drug-likeness (QED) is 0.613. The van der Waals surface area contributed by atoms with Crippen LogP contribution in [-0.2, 0) is 4.79 Å². The lowest BCUT2D eigenvalue weighted by Gasteiger charge is -2.15. The zero-order chi connectivity index (χ0) is 19.2. The third-order valence-electron chi connectivity index (χ3n) is 4.32. The third kappa shape index (κ3) is 4.98. The van der Waals surface area contributed by atoms with E-state index in [9.17, 15) is 4.79 Å². The predicted octanol–water partition coefficient (Wildman–Crippen LogP) is 4.50. The lowest BCUT2D eigenvalue weighted by Crippen LogP contribution is -2.28. The Morgan fingerprint density at radius 3 is 2.37 bits per heavy atom. The molecule has 2 aromatic carbocycles. The van der Waals surface area contributed by atoms with Crippen LogP contribution in [0.4, 0.5) is 0 Å². The van der Waals surface area contributed by atoms with Gasteiger partial charge in [-0.05, 0) is 37.5 Å². The molecule has 6 heteroatoms. The highest BCUT2D eigenvalue weighted by atomic mass is 32.2. The highest BCUT2D eigenvalue weighted by molar-refractivity contribution is 7.99. The molecule has 0 saturated carbocycles. The Morgan fingerprint density at radius 2 is 1.70 bits per heavy atom. The number of amides is 1. The number of hydrogen-bond donors (Lipinski definition) is 1. The summed E-state index contributed by atoms with van der Waals surface area (Å²) in [4.78, 5) is 12.3. The normalized spacial score (nSPS) is 12.1. The fourth-order valence-corrected chi connectivity index (χ4v) is 3.64. The van der Waals surface area contributed by atoms with E-state index in [1.54, 1.807) is 6.33 Å². The van der Waals surface area contributed by atoms with E-state index in [0.717, 1.165) is 10.7 Å². The lowest BCUT2D eigenvalue weighted by molar-refractivity contribution is -0.119. The molecular formula is C21H24N4OS. The van der Waals surface area contributed by atoms with E-state index < -0.39 is 0 Å². The van der Waals surface area contributed by atoms with Gasteiger partial charge in [-0.15, -0.1) is 10.2 Å². The van der Waals surface area contributed by atoms with Gasteiger partial charge >= 0.3 is 0 Å². The number of rotatable bonds is 7. The van der Waals surface area contributed by atoms with Crippen LogP contribution in [0.3, 0.4) is 0 Å². The van der Waals surface area contributed by atoms with Gasteiger partial charge in [0, 0.05) is 6.04 Å². The van der Waals surface area contributed by atoms with Crippen molar-refractivity contribution in [3.63, 3.8) is 0 Å². The van der Waals surface area contributed by atoms with Crippen molar-refractivity contribution in [3.05, 3.63) is 66.5 Å². The summed E-state index contributed by atoms with van der Waals surface area (Å²) in [6.45, 7) is 6.13. The van der Waals surface area contributed by atoms with Crippen LogP contribution in [0.1, 0.15) is 38.4 Å². The summed E-state index contributed by atoms with van der Waals surface area (Å²) in [6, 6.07) is 18.8. The van der Waals surface area contributed by atoms with Gasteiger partial charge in [-0.1, -0.05) is 66.4 Å². The number of benzene rings is 2. The van der Waals surface area contributed by atoms with Crippen molar-refractivity contribution in [2.75, 3.05) is 5.75 Å². The Morgan fingerprint density at radius 1 is 1.04 bits per heavy atom. The Labute approximate surface area is 164 Å². The standard InChI is InChI=1S/C21H24N4OS/c1-15(2)25-14-22-24-21(25)27-13-20(26)23-16(3)17-9-11-19(12-10-17)18-7-5-4-6-8-18/h4-12,14-16H,13H2,1-3H3,(H,23,26). The minimum atomic E-state index is -0.0501. The summed E-state index contributed by atoms with van der Waals surface area (Å²) in [6.07, 6.45) is 1.70. The van der Waals surface area contributed by atoms with E-state index in [1.165, 1.54) is 22.9 Å². The molecule has 0 aliphatic heterocycles. The summed E-state index contributed by atoms with van der Waals surface area (Å²) in [7, 11) is 0. The lowest BCUT2D eigenvalue weighted by atomic mass is 10.0. The van der Waals surface area contributed by atoms with E-state index in [2.05, 4.69) is 65.8 Å². The van der Waals surface area contributed by atoms with Gasteiger partial charge in [0.15, 0.2) is 5.16 Å². The number of aromatic nitrogens is 3. The number of nitrogens with one attached hydrogen (secondary N) is 1. The van der Waals surface area contributed by atoms with Crippen LogP contribution in [0.2, 0.25) is 0 Å². The summed E-state index contributed by atoms with van der Waals surface area (Å²) < 4.78 is 1.96. The summed E-state index contributed by atoms with van der Waals surface area (Å²) in [5, 5.41) is 11.8. The zero-order valence-corrected chi connectivity index (χ0v) is 16.6. The SMILES string of the molecule is CC(NC(=O)CSc1nncn1C(C)C)c1ccc(-c2ccccc2)cc1. The summed E-state index contributed by atoms with van der Waals surface area (Å²) in [5.74, 6) is 0.302. The van der Waals surface area contributed by atoms with Crippen molar-refractivity contribution in [1.82, 2.24) is 20.1 Å². The number of carbonyl (C=O) groups excluding carboxylic acids is 1. The minimum Gasteiger partial charge on any atom is -0.349 e. The Hall–Kier alpha value is -2.60. The smallest absolute Gasteiger partial charge is 0.230 e. The average Bonchev–Trinajstić information content (AvgIpc) is 3.16. The fourth-order valence-electron chi connectivity index (χ4n) is 2.78. The molecule has 0 bridgehead atoms. The molecule has 1 atom stereocenters. The molecule has 1 aromatic heterocycles. The minimum absolute atomic E-state index is 0.0158. The first-order valence-corrected chi connectivity index (χ1v) is 10.00. The molecule has 1 amide bonds. The maximum Gasteiger partial charge on any atom is 0.230 e. The second-order valence-electron chi connectivity index (χ2n) is 6.68. The second-order valence-corrected chi connectivity index (χ2v) is 7.62. The number of nitrogens with zero attached hydrogens (tertiary/aromatic N) is 3. The molecule has 0 aliphatic rings. The maximum absolute atomic E-state index is 12.3. The summed E-state index contributed by atoms with van der Waals surface area (Å²) in [5.41, 5.74) is 3.44. The maximum atomic E-state index is 12.3. The van der Waals surface area contributed by atoms with Crippen LogP contribution in [0.25, 0.3) is 11.1 Å². The molecule has 3 aromatic rings. The van der Waals surface area contributed by atoms with Gasteiger partial charge < -0.3 is 9.88 Å². The second kappa shape index (κ2) is 8.86. The van der Waals surface area contributed by atoms with Crippen LogP contribution in [0, 0.1) is 0 Å². The van der Waals surface area contributed by atoms with Gasteiger partial charge in [-0.2, -0.15) is 0 Å². The number of carbonyl (C=O) groups is 1. The molecule has 1 heterocycles. The van der Waals surface area contributed by atoms with Crippen molar-refractivity contribution in [3.8, 4) is 11.1 Å². The van der Waals surface area contributed by atoms with Gasteiger partial charge in [-0.3, -0.25) is 4.79 Å². The van der Waals surface area contributed by atoms with Crippen LogP contribution in [-0.4, -0.2) is 26.4 Å². The van der Waals surface area contributed by atoms with Crippen LogP contribution in [0.5, 0.6) is 0 Å². The third-order valence-corrected chi connectivity index (χ3v) is 5.28. The molecule has 140 valence electrons. The number of hydrogen-bond acceptors (Lipinski definition) is 4. The van der Waals surface area contributed by atoms with Gasteiger partial charge in [0.25, 0.3) is 0 Å². The highest BCUT2D eigenvalue weighted by Crippen LogP contribution is 2.22. The van der Waals surface area contributed by atoms with Crippen molar-refractivity contribution in [1.29, 1.82) is 0 Å². The van der Waals surface area contributed by atoms with Crippen molar-refractivity contribution >= 4 is 17.7 Å². The first kappa shape index (κ1) is 19.2. The van der Waals surface area contributed by atoms with Crippen molar-refractivity contribution in [2.45, 2.75) is 38.0 Å². The molecule has 0 radical (unpaired) electrons. The summed E-state index contributed by atoms with van der Waals surface area (Å²) >= 11 is 1.40. The van der Waals surface area contributed by atoms with Gasteiger partial charge in [0.2, 0.25) is 5.91 Å². The average molecular weight is 381 g/mol. The molecule has 0 aliphatic carbocycles. The van der Waals surface area contributed by atoms with E-state index in [4.69, 9.17) is 0 Å². The molecule has 0 fully saturated rings. The first-order valence-electron chi connectivity index (χ1n) is 9.01. The predicted molar refractivity (Wildman–Crippen MR) is 110 cm³/mol. The molecule has 5 nitrogen and oxygen atoms in total. The molecule has 27 heavy (non-hydrogen) atoms. The molecule has 1 N–H and O–H groups in total. The van der Waals surface area contributed by atoms with Crippen molar-refractivity contribution in [2.24, 2.45) is 0 Å². The Bertz CT molecular complexity index is 875. The van der Waals surface area contributed by atoms with E-state index in [0.29, 0.717) is 5.75 Å². The van der Waals surface area contributed by atoms with Crippen LogP contribution >= 0.6 is 11.8 Å². The molecule has 0 saturated heterocycles. The molecule has 3 rings (SSSR count). The monoisotopic (exact) mass is 380 g/mol. The van der Waals surface area contributed by atoms with Crippen molar-refractivity contribution < 1.29 is 4.79 Å². The fraction of sp³-hybridized carbons (Fsp3) is 0.286. The zero-order valence-electron chi connectivity index (χ0n) is 15.8. The molecule has 0 spiro atoms. The molecule has 1 unspecified atom stereocenters. The number of thioether (sulfide) groups is 1. The topological polar surface area (TPSA) is 59.8 Å². The van der Waals surface area contributed by atoms with E-state index in [-0.39, 0.29) is 18.0 Å². The van der Waals surface area contributed by atoms with Gasteiger partial charge in [0.05, 0.1) is 11.8 Å². The van der Waals surface area contributed by atoms with Crippen LogP contribution in [0.15, 0.2) is 66.1 Å². The Kier molecular flexibility index (Phi) is 6.29. The Balaban J connectivity index is 1.56. The van der Waals surface area contributed by atoms with Gasteiger partial charge in [0.1, 0.15) is 6.33 Å². The van der Waals surface area contributed by atoms with Gasteiger partial charge in [-0.25, -0.2) is 0 Å². The first-order chi connectivity index (χ1) is 13.0.